The van der Waals surface area contributed by atoms with E-state index in [0.29, 0.717) is 11.0 Å². The van der Waals surface area contributed by atoms with Gasteiger partial charge in [-0.25, -0.2) is 4.79 Å². The van der Waals surface area contributed by atoms with Crippen molar-refractivity contribution in [3.05, 3.63) is 27.1 Å². The van der Waals surface area contributed by atoms with Crippen LogP contribution < -0.4 is 10.6 Å². The van der Waals surface area contributed by atoms with Gasteiger partial charge >= 0.3 is 6.03 Å². The average molecular weight is 508 g/mol. The van der Waals surface area contributed by atoms with Crippen LogP contribution in [0.1, 0.15) is 0 Å². The second-order valence-corrected chi connectivity index (χ2v) is 6.81. The number of nitrogens with one attached hydrogen (secondary N) is 2. The second kappa shape index (κ2) is 7.62. The molecule has 0 aliphatic rings. The fourth-order valence-corrected chi connectivity index (χ4v) is 2.75. The van der Waals surface area contributed by atoms with Gasteiger partial charge in [-0.2, -0.15) is 0 Å². The molecule has 0 aliphatic heterocycles. The molecule has 0 saturated heterocycles. The standard InChI is InChI=1S/C10H8Br4N2O2/c11-4-8(14)9(17)16-10(18)15-7-2-5(12)1-6(13)3-7/h1-3,8H,4H2,(H2,15,16,17,18). The van der Waals surface area contributed by atoms with E-state index in [1.807, 2.05) is 6.07 Å². The van der Waals surface area contributed by atoms with Crippen LogP contribution in [-0.2, 0) is 4.79 Å². The molecule has 4 nitrogen and oxygen atoms in total. The Morgan fingerprint density at radius 2 is 1.72 bits per heavy atom. The predicted molar refractivity (Wildman–Crippen MR) is 85.5 cm³/mol. The van der Waals surface area contributed by atoms with E-state index in [9.17, 15) is 9.59 Å². The van der Waals surface area contributed by atoms with Crippen molar-refractivity contribution in [3.63, 3.8) is 0 Å². The van der Waals surface area contributed by atoms with Crippen LogP contribution >= 0.6 is 63.7 Å². The number of benzene rings is 1. The van der Waals surface area contributed by atoms with E-state index in [1.54, 1.807) is 12.1 Å². The van der Waals surface area contributed by atoms with Gasteiger partial charge in [0.25, 0.3) is 0 Å². The third-order valence-electron chi connectivity index (χ3n) is 1.78. The summed E-state index contributed by atoms with van der Waals surface area (Å²) in [6.07, 6.45) is 0. The molecular formula is C10H8Br4N2O2. The molecule has 8 heteroatoms. The number of hydrogen-bond donors (Lipinski definition) is 2. The lowest BCUT2D eigenvalue weighted by Crippen LogP contribution is -2.39. The highest BCUT2D eigenvalue weighted by atomic mass is 79.9. The number of halogens is 4. The van der Waals surface area contributed by atoms with Crippen molar-refractivity contribution in [2.75, 3.05) is 10.6 Å². The number of alkyl halides is 2. The minimum Gasteiger partial charge on any atom is -0.308 e. The van der Waals surface area contributed by atoms with E-state index in [4.69, 9.17) is 0 Å². The summed E-state index contributed by atoms with van der Waals surface area (Å²) >= 11 is 12.9. The first-order valence-electron chi connectivity index (χ1n) is 4.70. The van der Waals surface area contributed by atoms with Gasteiger partial charge in [-0.05, 0) is 18.2 Å². The summed E-state index contributed by atoms with van der Waals surface area (Å²) in [5.74, 6) is -0.404. The van der Waals surface area contributed by atoms with Gasteiger partial charge in [0.15, 0.2) is 0 Å². The van der Waals surface area contributed by atoms with Gasteiger partial charge in [-0.3, -0.25) is 10.1 Å². The summed E-state index contributed by atoms with van der Waals surface area (Å²) in [5, 5.41) is 5.21. The summed E-state index contributed by atoms with van der Waals surface area (Å²) in [6.45, 7) is 0. The highest BCUT2D eigenvalue weighted by Gasteiger charge is 2.16. The fourth-order valence-electron chi connectivity index (χ4n) is 1.05. The Morgan fingerprint density at radius 1 is 1.17 bits per heavy atom. The van der Waals surface area contributed by atoms with Crippen LogP contribution in [0.25, 0.3) is 0 Å². The first-order chi connectivity index (χ1) is 8.42. The molecule has 0 radical (unpaired) electrons. The molecule has 0 aliphatic carbocycles. The molecule has 0 aromatic heterocycles. The number of carbonyl (C=O) groups excluding carboxylic acids is 2. The molecule has 1 atom stereocenters. The van der Waals surface area contributed by atoms with Crippen molar-refractivity contribution in [1.29, 1.82) is 0 Å². The maximum Gasteiger partial charge on any atom is 0.325 e. The maximum atomic E-state index is 11.6. The highest BCUT2D eigenvalue weighted by molar-refractivity contribution is 9.12. The zero-order valence-electron chi connectivity index (χ0n) is 8.84. The Labute approximate surface area is 138 Å². The van der Waals surface area contributed by atoms with Gasteiger partial charge in [0.1, 0.15) is 4.83 Å². The van der Waals surface area contributed by atoms with Crippen molar-refractivity contribution in [1.82, 2.24) is 5.32 Å². The smallest absolute Gasteiger partial charge is 0.308 e. The molecule has 2 N–H and O–H groups in total. The zero-order valence-corrected chi connectivity index (χ0v) is 15.2. The monoisotopic (exact) mass is 504 g/mol. The van der Waals surface area contributed by atoms with Crippen LogP contribution in [0.15, 0.2) is 27.1 Å². The van der Waals surface area contributed by atoms with Crippen molar-refractivity contribution < 1.29 is 9.59 Å². The van der Waals surface area contributed by atoms with Crippen molar-refractivity contribution in [2.24, 2.45) is 0 Å². The van der Waals surface area contributed by atoms with E-state index in [0.717, 1.165) is 8.95 Å². The highest BCUT2D eigenvalue weighted by Crippen LogP contribution is 2.23. The van der Waals surface area contributed by atoms with Crippen LogP contribution in [0.3, 0.4) is 0 Å². The molecule has 0 spiro atoms. The van der Waals surface area contributed by atoms with Gasteiger partial charge in [-0.15, -0.1) is 0 Å². The summed E-state index contributed by atoms with van der Waals surface area (Å²) < 4.78 is 1.63. The van der Waals surface area contributed by atoms with E-state index < -0.39 is 16.8 Å². The summed E-state index contributed by atoms with van der Waals surface area (Å²) in [5.41, 5.74) is 0.575. The molecule has 0 fully saturated rings. The van der Waals surface area contributed by atoms with Crippen LogP contribution in [0, 0.1) is 0 Å². The Balaban J connectivity index is 2.62. The van der Waals surface area contributed by atoms with Crippen LogP contribution in [0.4, 0.5) is 10.5 Å². The first-order valence-corrected chi connectivity index (χ1v) is 8.32. The lowest BCUT2D eigenvalue weighted by Gasteiger charge is -2.09. The zero-order chi connectivity index (χ0) is 13.7. The number of carbonyl (C=O) groups is 2. The fraction of sp³-hybridized carbons (Fsp3) is 0.200. The molecule has 0 heterocycles. The summed E-state index contributed by atoms with van der Waals surface area (Å²) in [7, 11) is 0. The van der Waals surface area contributed by atoms with E-state index in [-0.39, 0.29) is 0 Å². The van der Waals surface area contributed by atoms with Gasteiger partial charge < -0.3 is 5.32 Å². The number of hydrogen-bond acceptors (Lipinski definition) is 2. The van der Waals surface area contributed by atoms with Gasteiger partial charge in [0.05, 0.1) is 0 Å². The largest absolute Gasteiger partial charge is 0.325 e. The Kier molecular flexibility index (Phi) is 6.83. The number of anilines is 1. The molecule has 98 valence electrons. The van der Waals surface area contributed by atoms with Crippen LogP contribution in [-0.4, -0.2) is 22.1 Å². The first kappa shape index (κ1) is 16.1. The Morgan fingerprint density at radius 3 is 2.22 bits per heavy atom. The van der Waals surface area contributed by atoms with E-state index in [1.165, 1.54) is 0 Å². The summed E-state index contributed by atoms with van der Waals surface area (Å²) in [4.78, 5) is 22.6. The Hall–Kier alpha value is 0.0800. The minimum absolute atomic E-state index is 0.404. The normalized spacial score (nSPS) is 11.8. The minimum atomic E-state index is -0.574. The number of imide groups is 1. The molecule has 3 amide bonds. The molecule has 0 bridgehead atoms. The molecule has 0 saturated carbocycles. The number of urea groups is 1. The third kappa shape index (κ3) is 5.38. The second-order valence-electron chi connectivity index (χ2n) is 3.22. The van der Waals surface area contributed by atoms with Gasteiger partial charge in [-0.1, -0.05) is 63.7 Å². The third-order valence-corrected chi connectivity index (χ3v) is 4.95. The SMILES string of the molecule is O=C(NC(=O)C(Br)CBr)Nc1cc(Br)cc(Br)c1. The van der Waals surface area contributed by atoms with Crippen LogP contribution in [0.2, 0.25) is 0 Å². The molecule has 1 aromatic carbocycles. The number of amides is 3. The molecule has 1 rings (SSSR count). The maximum absolute atomic E-state index is 11.6. The molecular weight excluding hydrogens is 500 g/mol. The van der Waals surface area contributed by atoms with Gasteiger partial charge in [0, 0.05) is 20.0 Å². The molecule has 1 unspecified atom stereocenters. The molecule has 1 aromatic rings. The quantitative estimate of drug-likeness (QED) is 0.607. The van der Waals surface area contributed by atoms with Crippen molar-refractivity contribution in [3.8, 4) is 0 Å². The average Bonchev–Trinajstić information content (AvgIpc) is 2.25. The predicted octanol–water partition coefficient (Wildman–Crippen LogP) is 4.02. The van der Waals surface area contributed by atoms with Crippen molar-refractivity contribution in [2.45, 2.75) is 4.83 Å². The lowest BCUT2D eigenvalue weighted by atomic mass is 10.3. The summed E-state index contributed by atoms with van der Waals surface area (Å²) in [6, 6.07) is 4.72. The topological polar surface area (TPSA) is 58.2 Å². The lowest BCUT2D eigenvalue weighted by molar-refractivity contribution is -0.118. The van der Waals surface area contributed by atoms with E-state index in [2.05, 4.69) is 74.4 Å². The Bertz CT molecular complexity index is 447. The number of rotatable bonds is 3. The van der Waals surface area contributed by atoms with Crippen LogP contribution in [0.5, 0.6) is 0 Å². The van der Waals surface area contributed by atoms with Crippen molar-refractivity contribution >= 4 is 81.3 Å². The van der Waals surface area contributed by atoms with E-state index >= 15 is 0 Å². The van der Waals surface area contributed by atoms with Gasteiger partial charge in [0.2, 0.25) is 5.91 Å². The molecule has 18 heavy (non-hydrogen) atoms.